The summed E-state index contributed by atoms with van der Waals surface area (Å²) in [5.74, 6) is -1.28. The largest absolute Gasteiger partial charge is 0.323 e. The number of hydrogen-bond donors (Lipinski definition) is 0. The Morgan fingerprint density at radius 2 is 1.68 bits per heavy atom. The molecular formula is C16H17N3O2S. The van der Waals surface area contributed by atoms with Gasteiger partial charge in [-0.3, -0.25) is 14.5 Å². The first-order valence-electron chi connectivity index (χ1n) is 6.90. The van der Waals surface area contributed by atoms with E-state index >= 15 is 0 Å². The Morgan fingerprint density at radius 1 is 1.14 bits per heavy atom. The second kappa shape index (κ2) is 5.50. The van der Waals surface area contributed by atoms with Crippen LogP contribution in [-0.2, 0) is 9.59 Å². The quantitative estimate of drug-likeness (QED) is 0.621. The Bertz CT molecular complexity index is 683. The average molecular weight is 315 g/mol. The SMILES string of the molecule is CC(N1C(=O)C(=O)N(c2ccc(C#N)cc2)C1=S)C(C)(C)C. The highest BCUT2D eigenvalue weighted by molar-refractivity contribution is 7.80. The second-order valence-electron chi connectivity index (χ2n) is 6.30. The van der Waals surface area contributed by atoms with Crippen LogP contribution in [0.25, 0.3) is 0 Å². The first-order chi connectivity index (χ1) is 10.2. The van der Waals surface area contributed by atoms with E-state index in [1.54, 1.807) is 24.3 Å². The second-order valence-corrected chi connectivity index (χ2v) is 6.66. The van der Waals surface area contributed by atoms with Crippen LogP contribution in [0.1, 0.15) is 33.3 Å². The molecular weight excluding hydrogens is 298 g/mol. The summed E-state index contributed by atoms with van der Waals surface area (Å²) in [5.41, 5.74) is 0.763. The molecule has 0 aliphatic carbocycles. The van der Waals surface area contributed by atoms with Crippen molar-refractivity contribution < 1.29 is 9.59 Å². The smallest absolute Gasteiger partial charge is 0.277 e. The fourth-order valence-corrected chi connectivity index (χ4v) is 2.55. The maximum atomic E-state index is 12.3. The van der Waals surface area contributed by atoms with Crippen LogP contribution < -0.4 is 4.90 Å². The third-order valence-electron chi connectivity index (χ3n) is 3.90. The maximum Gasteiger partial charge on any atom is 0.323 e. The van der Waals surface area contributed by atoms with E-state index in [9.17, 15) is 9.59 Å². The summed E-state index contributed by atoms with van der Waals surface area (Å²) in [5, 5.41) is 9.01. The van der Waals surface area contributed by atoms with E-state index in [0.717, 1.165) is 0 Å². The Labute approximate surface area is 135 Å². The van der Waals surface area contributed by atoms with E-state index in [2.05, 4.69) is 0 Å². The number of carbonyl (C=O) groups excluding carboxylic acids is 2. The van der Waals surface area contributed by atoms with Crippen molar-refractivity contribution in [3.05, 3.63) is 29.8 Å². The van der Waals surface area contributed by atoms with Gasteiger partial charge in [0.2, 0.25) is 0 Å². The minimum Gasteiger partial charge on any atom is -0.277 e. The third kappa shape index (κ3) is 2.60. The average Bonchev–Trinajstić information content (AvgIpc) is 2.68. The van der Waals surface area contributed by atoms with Crippen molar-refractivity contribution in [1.29, 1.82) is 5.26 Å². The molecule has 6 heteroatoms. The van der Waals surface area contributed by atoms with Crippen molar-refractivity contribution in [3.63, 3.8) is 0 Å². The van der Waals surface area contributed by atoms with Gasteiger partial charge in [0, 0.05) is 6.04 Å². The summed E-state index contributed by atoms with van der Waals surface area (Å²) in [6, 6.07) is 8.20. The first kappa shape index (κ1) is 16.1. The molecule has 2 rings (SSSR count). The summed E-state index contributed by atoms with van der Waals surface area (Å²) >= 11 is 5.35. The standard InChI is InChI=1S/C16H17N3O2S/c1-10(16(2,3)4)18-13(20)14(21)19(15(18)22)12-7-5-11(9-17)6-8-12/h5-8,10H,1-4H3. The molecule has 2 amide bonds. The normalized spacial score (nSPS) is 17.0. The van der Waals surface area contributed by atoms with Gasteiger partial charge in [-0.2, -0.15) is 5.26 Å². The number of thiocarbonyl (C=S) groups is 1. The zero-order valence-corrected chi connectivity index (χ0v) is 13.8. The van der Waals surface area contributed by atoms with Crippen molar-refractivity contribution in [1.82, 2.24) is 4.90 Å². The molecule has 114 valence electrons. The number of nitriles is 1. The van der Waals surface area contributed by atoms with Crippen molar-refractivity contribution in [2.45, 2.75) is 33.7 Å². The van der Waals surface area contributed by atoms with E-state index in [1.165, 1.54) is 9.80 Å². The Kier molecular flexibility index (Phi) is 4.03. The summed E-state index contributed by atoms with van der Waals surface area (Å²) in [7, 11) is 0. The van der Waals surface area contributed by atoms with E-state index in [0.29, 0.717) is 11.3 Å². The topological polar surface area (TPSA) is 64.4 Å². The number of carbonyl (C=O) groups is 2. The molecule has 1 heterocycles. The Hall–Kier alpha value is -2.26. The predicted octanol–water partition coefficient (Wildman–Crippen LogP) is 2.45. The van der Waals surface area contributed by atoms with Crippen molar-refractivity contribution in [2.75, 3.05) is 4.90 Å². The lowest BCUT2D eigenvalue weighted by Crippen LogP contribution is -2.46. The van der Waals surface area contributed by atoms with Crippen LogP contribution in [0.15, 0.2) is 24.3 Å². The number of hydrogen-bond acceptors (Lipinski definition) is 4. The minimum atomic E-state index is -0.661. The summed E-state index contributed by atoms with van der Waals surface area (Å²) < 4.78 is 0. The fraction of sp³-hybridized carbons (Fsp3) is 0.375. The molecule has 1 fully saturated rings. The van der Waals surface area contributed by atoms with Gasteiger partial charge in [0.05, 0.1) is 17.3 Å². The molecule has 0 bridgehead atoms. The highest BCUT2D eigenvalue weighted by atomic mass is 32.1. The number of nitrogens with zero attached hydrogens (tertiary/aromatic N) is 3. The Balaban J connectivity index is 2.39. The fourth-order valence-electron chi connectivity index (χ4n) is 2.12. The summed E-state index contributed by atoms with van der Waals surface area (Å²) in [6.45, 7) is 7.84. The molecule has 1 aromatic carbocycles. The number of benzene rings is 1. The van der Waals surface area contributed by atoms with Gasteiger partial charge in [0.25, 0.3) is 0 Å². The summed E-state index contributed by atoms with van der Waals surface area (Å²) in [4.78, 5) is 27.2. The molecule has 1 aliphatic rings. The molecule has 5 nitrogen and oxygen atoms in total. The van der Waals surface area contributed by atoms with Gasteiger partial charge < -0.3 is 0 Å². The molecule has 0 aromatic heterocycles. The molecule has 22 heavy (non-hydrogen) atoms. The van der Waals surface area contributed by atoms with Gasteiger partial charge in [-0.15, -0.1) is 0 Å². The summed E-state index contributed by atoms with van der Waals surface area (Å²) in [6.07, 6.45) is 0. The lowest BCUT2D eigenvalue weighted by molar-refractivity contribution is -0.140. The van der Waals surface area contributed by atoms with Crippen molar-refractivity contribution in [2.24, 2.45) is 5.41 Å². The number of amides is 2. The lowest BCUT2D eigenvalue weighted by Gasteiger charge is -2.34. The molecule has 0 N–H and O–H groups in total. The minimum absolute atomic E-state index is 0.183. The number of anilines is 1. The van der Waals surface area contributed by atoms with Crippen molar-refractivity contribution in [3.8, 4) is 6.07 Å². The van der Waals surface area contributed by atoms with Crippen LogP contribution >= 0.6 is 12.2 Å². The molecule has 1 aliphatic heterocycles. The molecule has 0 radical (unpaired) electrons. The molecule has 1 saturated heterocycles. The van der Waals surface area contributed by atoms with Gasteiger partial charge in [0.1, 0.15) is 0 Å². The van der Waals surface area contributed by atoms with Crippen LogP contribution in [0.4, 0.5) is 5.69 Å². The molecule has 1 atom stereocenters. The number of rotatable bonds is 2. The van der Waals surface area contributed by atoms with Gasteiger partial charge >= 0.3 is 11.8 Å². The van der Waals surface area contributed by atoms with Crippen LogP contribution in [0.5, 0.6) is 0 Å². The highest BCUT2D eigenvalue weighted by Crippen LogP contribution is 2.30. The first-order valence-corrected chi connectivity index (χ1v) is 7.31. The molecule has 0 spiro atoms. The van der Waals surface area contributed by atoms with Gasteiger partial charge in [-0.05, 0) is 48.8 Å². The van der Waals surface area contributed by atoms with Gasteiger partial charge in [-0.25, -0.2) is 4.90 Å². The molecule has 0 saturated carbocycles. The van der Waals surface area contributed by atoms with E-state index < -0.39 is 11.8 Å². The van der Waals surface area contributed by atoms with Crippen LogP contribution in [-0.4, -0.2) is 27.9 Å². The van der Waals surface area contributed by atoms with E-state index in [4.69, 9.17) is 17.5 Å². The third-order valence-corrected chi connectivity index (χ3v) is 4.28. The Morgan fingerprint density at radius 3 is 2.14 bits per heavy atom. The molecule has 1 unspecified atom stereocenters. The predicted molar refractivity (Wildman–Crippen MR) is 87.0 cm³/mol. The van der Waals surface area contributed by atoms with Gasteiger partial charge in [0.15, 0.2) is 5.11 Å². The van der Waals surface area contributed by atoms with Crippen LogP contribution in [0.2, 0.25) is 0 Å². The van der Waals surface area contributed by atoms with E-state index in [1.807, 2.05) is 33.8 Å². The van der Waals surface area contributed by atoms with Gasteiger partial charge in [-0.1, -0.05) is 20.8 Å². The van der Waals surface area contributed by atoms with Crippen LogP contribution in [0.3, 0.4) is 0 Å². The monoisotopic (exact) mass is 315 g/mol. The van der Waals surface area contributed by atoms with Crippen LogP contribution in [0, 0.1) is 16.7 Å². The van der Waals surface area contributed by atoms with E-state index in [-0.39, 0.29) is 16.6 Å². The van der Waals surface area contributed by atoms with Crippen molar-refractivity contribution >= 4 is 34.8 Å². The lowest BCUT2D eigenvalue weighted by atomic mass is 9.87. The maximum absolute atomic E-state index is 12.3. The highest BCUT2D eigenvalue weighted by Gasteiger charge is 2.46. The zero-order chi connectivity index (χ0) is 16.7. The molecule has 1 aromatic rings. The zero-order valence-electron chi connectivity index (χ0n) is 13.0.